The van der Waals surface area contributed by atoms with Gasteiger partial charge in [0, 0.05) is 54.7 Å². The Morgan fingerprint density at radius 2 is 1.02 bits per heavy atom. The van der Waals surface area contributed by atoms with Crippen LogP contribution in [-0.4, -0.2) is 24.1 Å². The van der Waals surface area contributed by atoms with E-state index < -0.39 is 0 Å². The summed E-state index contributed by atoms with van der Waals surface area (Å²) in [6.45, 7) is 0. The van der Waals surface area contributed by atoms with Gasteiger partial charge in [-0.15, -0.1) is 0 Å². The van der Waals surface area contributed by atoms with Gasteiger partial charge in [-0.05, 0) is 52.7 Å². The van der Waals surface area contributed by atoms with E-state index in [-0.39, 0.29) is 0 Å². The van der Waals surface area contributed by atoms with Crippen LogP contribution in [0.15, 0.2) is 205 Å². The molecule has 0 spiro atoms. The van der Waals surface area contributed by atoms with E-state index in [1.165, 1.54) is 10.8 Å². The summed E-state index contributed by atoms with van der Waals surface area (Å²) >= 11 is 0. The molecule has 0 fully saturated rings. The molecule has 4 heterocycles. The molecule has 0 saturated carbocycles. The minimum absolute atomic E-state index is 0.558. The standard InChI is InChI=1S/C55H33N5O/c1-3-16-35(17-4-1)44-32-37(33-45-40-24-11-14-29-49(40)61-52(44)45)59-46-27-12-9-23-39(46)41-30-31-48-50(51(41)59)43-25-10-13-28-47(43)60(48)55-57-53(36-19-5-2-6-20-36)56-54(58-55)42-26-15-21-34-18-7-8-22-38(34)42/h1-33H. The highest BCUT2D eigenvalue weighted by molar-refractivity contribution is 6.26. The number of hydrogen-bond donors (Lipinski definition) is 0. The smallest absolute Gasteiger partial charge is 0.238 e. The van der Waals surface area contributed by atoms with Crippen LogP contribution < -0.4 is 0 Å². The van der Waals surface area contributed by atoms with Gasteiger partial charge in [-0.2, -0.15) is 9.97 Å². The van der Waals surface area contributed by atoms with Crippen molar-refractivity contribution in [2.45, 2.75) is 0 Å². The van der Waals surface area contributed by atoms with Crippen molar-refractivity contribution in [2.24, 2.45) is 0 Å². The van der Waals surface area contributed by atoms with E-state index in [0.29, 0.717) is 17.6 Å². The highest BCUT2D eigenvalue weighted by Crippen LogP contribution is 2.44. The first-order valence-corrected chi connectivity index (χ1v) is 20.5. The maximum Gasteiger partial charge on any atom is 0.238 e. The van der Waals surface area contributed by atoms with Gasteiger partial charge in [0.2, 0.25) is 5.95 Å². The molecular formula is C55H33N5O. The van der Waals surface area contributed by atoms with Crippen LogP contribution in [0.3, 0.4) is 0 Å². The number of nitrogens with zero attached hydrogens (tertiary/aromatic N) is 5. The van der Waals surface area contributed by atoms with Crippen molar-refractivity contribution in [1.29, 1.82) is 0 Å². The lowest BCUT2D eigenvalue weighted by Gasteiger charge is -2.13. The molecular weight excluding hydrogens is 747 g/mol. The van der Waals surface area contributed by atoms with Crippen LogP contribution in [0.25, 0.3) is 122 Å². The summed E-state index contributed by atoms with van der Waals surface area (Å²) in [6, 6.07) is 70.2. The zero-order valence-electron chi connectivity index (χ0n) is 32.7. The summed E-state index contributed by atoms with van der Waals surface area (Å²) < 4.78 is 11.3. The molecule has 61 heavy (non-hydrogen) atoms. The summed E-state index contributed by atoms with van der Waals surface area (Å²) in [4.78, 5) is 15.8. The summed E-state index contributed by atoms with van der Waals surface area (Å²) in [5.41, 5.74) is 11.1. The maximum atomic E-state index is 6.64. The molecule has 0 bridgehead atoms. The third kappa shape index (κ3) is 5.06. The van der Waals surface area contributed by atoms with E-state index in [4.69, 9.17) is 19.4 Å². The number of aromatic nitrogens is 5. The SMILES string of the molecule is c1ccc(-c2nc(-c3cccc4ccccc34)nc(-n3c4ccccc4c4c3ccc3c5ccccc5n(-c5cc(-c6ccccc6)c6oc7ccccc7c6c5)c34)n2)cc1. The fraction of sp³-hybridized carbons (Fsp3) is 0. The van der Waals surface area contributed by atoms with Gasteiger partial charge in [-0.1, -0.05) is 164 Å². The second-order valence-corrected chi connectivity index (χ2v) is 15.6. The number of hydrogen-bond acceptors (Lipinski definition) is 4. The molecule has 0 radical (unpaired) electrons. The molecule has 6 heteroatoms. The van der Waals surface area contributed by atoms with Gasteiger partial charge >= 0.3 is 0 Å². The molecule has 6 nitrogen and oxygen atoms in total. The zero-order chi connectivity index (χ0) is 40.0. The van der Waals surface area contributed by atoms with Gasteiger partial charge in [0.05, 0.1) is 22.1 Å². The Morgan fingerprint density at radius 1 is 0.377 bits per heavy atom. The molecule has 0 unspecified atom stereocenters. The quantitative estimate of drug-likeness (QED) is 0.175. The van der Waals surface area contributed by atoms with E-state index in [1.54, 1.807) is 0 Å². The first kappa shape index (κ1) is 33.6. The Hall–Kier alpha value is -8.35. The Labute approximate surface area is 349 Å². The first-order chi connectivity index (χ1) is 30.3. The van der Waals surface area contributed by atoms with Crippen LogP contribution in [0.2, 0.25) is 0 Å². The topological polar surface area (TPSA) is 61.7 Å². The largest absolute Gasteiger partial charge is 0.455 e. The fourth-order valence-electron chi connectivity index (χ4n) is 9.49. The molecule has 9 aromatic carbocycles. The molecule has 0 aliphatic rings. The number of para-hydroxylation sites is 3. The lowest BCUT2D eigenvalue weighted by molar-refractivity contribution is 0.670. The van der Waals surface area contributed by atoms with Gasteiger partial charge in [-0.3, -0.25) is 4.57 Å². The average molecular weight is 780 g/mol. The van der Waals surface area contributed by atoms with Crippen LogP contribution in [0, 0.1) is 0 Å². The van der Waals surface area contributed by atoms with Crippen LogP contribution in [0.5, 0.6) is 0 Å². The molecule has 13 aromatic rings. The molecule has 13 rings (SSSR count). The van der Waals surface area contributed by atoms with E-state index in [1.807, 2.05) is 24.3 Å². The molecule has 0 N–H and O–H groups in total. The normalized spacial score (nSPS) is 11.9. The number of fused-ring (bicyclic) bond motifs is 11. The second-order valence-electron chi connectivity index (χ2n) is 15.6. The third-order valence-corrected chi connectivity index (χ3v) is 12.2. The van der Waals surface area contributed by atoms with Gasteiger partial charge in [0.1, 0.15) is 11.2 Å². The van der Waals surface area contributed by atoms with Crippen molar-refractivity contribution in [3.05, 3.63) is 200 Å². The van der Waals surface area contributed by atoms with Crippen LogP contribution >= 0.6 is 0 Å². The Kier molecular flexibility index (Phi) is 7.21. The van der Waals surface area contributed by atoms with Crippen LogP contribution in [0.4, 0.5) is 0 Å². The van der Waals surface area contributed by atoms with Crippen molar-refractivity contribution in [2.75, 3.05) is 0 Å². The second kappa shape index (κ2) is 13.1. The average Bonchev–Trinajstić information content (AvgIpc) is 3.99. The van der Waals surface area contributed by atoms with Gasteiger partial charge < -0.3 is 8.98 Å². The summed E-state index contributed by atoms with van der Waals surface area (Å²) in [5, 5.41) is 8.96. The van der Waals surface area contributed by atoms with Gasteiger partial charge in [0.15, 0.2) is 11.6 Å². The first-order valence-electron chi connectivity index (χ1n) is 20.5. The van der Waals surface area contributed by atoms with E-state index in [0.717, 1.165) is 93.5 Å². The number of benzene rings is 9. The fourth-order valence-corrected chi connectivity index (χ4v) is 9.49. The summed E-state index contributed by atoms with van der Waals surface area (Å²) in [6.07, 6.45) is 0. The van der Waals surface area contributed by atoms with Gasteiger partial charge in [-0.25, -0.2) is 4.98 Å². The Balaban J connectivity index is 1.15. The molecule has 4 aromatic heterocycles. The minimum Gasteiger partial charge on any atom is -0.455 e. The lowest BCUT2D eigenvalue weighted by Crippen LogP contribution is -2.06. The number of rotatable bonds is 5. The Morgan fingerprint density at radius 3 is 1.84 bits per heavy atom. The van der Waals surface area contributed by atoms with E-state index in [9.17, 15) is 0 Å². The van der Waals surface area contributed by atoms with Crippen molar-refractivity contribution in [1.82, 2.24) is 24.1 Å². The highest BCUT2D eigenvalue weighted by Gasteiger charge is 2.24. The molecule has 0 atom stereocenters. The zero-order valence-corrected chi connectivity index (χ0v) is 32.7. The van der Waals surface area contributed by atoms with Crippen LogP contribution in [-0.2, 0) is 0 Å². The predicted molar refractivity (Wildman–Crippen MR) is 250 cm³/mol. The monoisotopic (exact) mass is 779 g/mol. The van der Waals surface area contributed by atoms with E-state index in [2.05, 4.69) is 185 Å². The molecule has 0 aliphatic carbocycles. The predicted octanol–water partition coefficient (Wildman–Crippen LogP) is 14.1. The molecule has 0 amide bonds. The summed E-state index contributed by atoms with van der Waals surface area (Å²) in [5.74, 6) is 1.79. The van der Waals surface area contributed by atoms with Crippen molar-refractivity contribution in [3.63, 3.8) is 0 Å². The lowest BCUT2D eigenvalue weighted by atomic mass is 10.0. The maximum absolute atomic E-state index is 6.64. The summed E-state index contributed by atoms with van der Waals surface area (Å²) in [7, 11) is 0. The van der Waals surface area contributed by atoms with Crippen molar-refractivity contribution < 1.29 is 4.42 Å². The highest BCUT2D eigenvalue weighted by atomic mass is 16.3. The molecule has 0 saturated heterocycles. The molecule has 0 aliphatic heterocycles. The van der Waals surface area contributed by atoms with Gasteiger partial charge in [0.25, 0.3) is 0 Å². The molecule has 284 valence electrons. The van der Waals surface area contributed by atoms with Crippen molar-refractivity contribution in [3.8, 4) is 45.5 Å². The van der Waals surface area contributed by atoms with Crippen LogP contribution in [0.1, 0.15) is 0 Å². The third-order valence-electron chi connectivity index (χ3n) is 12.2. The number of furan rings is 1. The Bertz CT molecular complexity index is 3870. The van der Waals surface area contributed by atoms with Crippen molar-refractivity contribution >= 4 is 76.3 Å². The van der Waals surface area contributed by atoms with E-state index >= 15 is 0 Å². The minimum atomic E-state index is 0.558.